The molecule has 61 heavy (non-hydrogen) atoms. The van der Waals surface area contributed by atoms with Gasteiger partial charge in [0, 0.05) is 94.8 Å². The number of benzene rings is 2. The normalized spacial score (nSPS) is 22.5. The van der Waals surface area contributed by atoms with Crippen molar-refractivity contribution >= 4 is 46.6 Å². The highest BCUT2D eigenvalue weighted by atomic mass is 19.4. The van der Waals surface area contributed by atoms with Gasteiger partial charge in [-0.1, -0.05) is 0 Å². The van der Waals surface area contributed by atoms with Crippen molar-refractivity contribution < 1.29 is 37.1 Å². The van der Waals surface area contributed by atoms with Crippen LogP contribution in [0.15, 0.2) is 54.7 Å². The molecule has 6 aliphatic rings. The molecule has 0 aliphatic carbocycles. The molecule has 17 heteroatoms. The van der Waals surface area contributed by atoms with Gasteiger partial charge in [-0.15, -0.1) is 0 Å². The minimum atomic E-state index is -4.65. The number of amides is 5. The average molecular weight is 838 g/mol. The summed E-state index contributed by atoms with van der Waals surface area (Å²) in [5.74, 6) is -2.05. The van der Waals surface area contributed by atoms with Crippen molar-refractivity contribution in [3.63, 3.8) is 0 Å². The van der Waals surface area contributed by atoms with Crippen molar-refractivity contribution in [1.82, 2.24) is 25.0 Å². The molecule has 2 aromatic carbocycles. The van der Waals surface area contributed by atoms with E-state index in [0.717, 1.165) is 93.7 Å². The lowest BCUT2D eigenvalue weighted by Crippen LogP contribution is -2.54. The summed E-state index contributed by atoms with van der Waals surface area (Å²) in [6.45, 7) is 7.28. The third-order valence-corrected chi connectivity index (χ3v) is 13.8. The van der Waals surface area contributed by atoms with Crippen LogP contribution in [0.1, 0.15) is 87.3 Å². The Hall–Kier alpha value is -6.02. The predicted molar refractivity (Wildman–Crippen MR) is 217 cm³/mol. The van der Waals surface area contributed by atoms with Gasteiger partial charge in [0.1, 0.15) is 12.1 Å². The first-order valence-electron chi connectivity index (χ1n) is 21.0. The number of hydrogen-bond acceptors (Lipinski definition) is 11. The molecule has 5 fully saturated rings. The lowest BCUT2D eigenvalue weighted by Gasteiger charge is -2.43. The zero-order chi connectivity index (χ0) is 42.6. The Labute approximate surface area is 350 Å². The van der Waals surface area contributed by atoms with Gasteiger partial charge in [0.2, 0.25) is 11.8 Å². The molecule has 1 aromatic heterocycles. The first-order valence-corrected chi connectivity index (χ1v) is 21.0. The largest absolute Gasteiger partial charge is 0.419 e. The third kappa shape index (κ3) is 7.66. The zero-order valence-corrected chi connectivity index (χ0v) is 33.6. The summed E-state index contributed by atoms with van der Waals surface area (Å²) < 4.78 is 40.6. The molecule has 9 rings (SSSR count). The van der Waals surface area contributed by atoms with Crippen LogP contribution in [-0.2, 0) is 15.8 Å². The van der Waals surface area contributed by atoms with Crippen LogP contribution in [0.5, 0.6) is 0 Å². The Balaban J connectivity index is 0.734. The number of aromatic nitrogens is 1. The van der Waals surface area contributed by atoms with E-state index in [-0.39, 0.29) is 35.3 Å². The Kier molecular flexibility index (Phi) is 10.5. The number of piperazine rings is 1. The summed E-state index contributed by atoms with van der Waals surface area (Å²) in [7, 11) is 0. The van der Waals surface area contributed by atoms with Gasteiger partial charge >= 0.3 is 6.18 Å². The van der Waals surface area contributed by atoms with E-state index < -0.39 is 47.1 Å². The number of imide groups is 2. The fraction of sp³-hybridized carbons (Fsp3) is 0.477. The van der Waals surface area contributed by atoms with Crippen molar-refractivity contribution in [3.05, 3.63) is 82.7 Å². The molecule has 14 nitrogen and oxygen atoms in total. The third-order valence-electron chi connectivity index (χ3n) is 13.8. The molecular weight excluding hydrogens is 792 g/mol. The topological polar surface area (TPSA) is 154 Å². The van der Waals surface area contributed by atoms with Crippen molar-refractivity contribution in [2.45, 2.75) is 63.2 Å². The molecule has 1 unspecified atom stereocenters. The van der Waals surface area contributed by atoms with Gasteiger partial charge in [-0.25, -0.2) is 4.98 Å². The van der Waals surface area contributed by atoms with Gasteiger partial charge < -0.3 is 19.6 Å². The molecule has 0 radical (unpaired) electrons. The second-order valence-corrected chi connectivity index (χ2v) is 17.1. The highest BCUT2D eigenvalue weighted by Gasteiger charge is 2.45. The molecule has 1 N–H and O–H groups in total. The molecule has 0 bridgehead atoms. The molecule has 3 aromatic rings. The van der Waals surface area contributed by atoms with Crippen molar-refractivity contribution in [3.8, 4) is 6.07 Å². The van der Waals surface area contributed by atoms with Gasteiger partial charge in [0.05, 0.1) is 28.6 Å². The molecule has 5 saturated heterocycles. The van der Waals surface area contributed by atoms with Crippen LogP contribution >= 0.6 is 0 Å². The molecule has 5 amide bonds. The van der Waals surface area contributed by atoms with Crippen LogP contribution in [0.25, 0.3) is 0 Å². The van der Waals surface area contributed by atoms with Crippen molar-refractivity contribution in [2.24, 2.45) is 5.41 Å². The van der Waals surface area contributed by atoms with Crippen molar-refractivity contribution in [1.29, 1.82) is 5.26 Å². The number of nitrogens with zero attached hydrogens (tertiary/aromatic N) is 8. The molecular formula is C44H46F3N9O5. The number of fused-ring (bicyclic) bond motifs is 1. The summed E-state index contributed by atoms with van der Waals surface area (Å²) in [5.41, 5.74) is 1.92. The lowest BCUT2D eigenvalue weighted by molar-refractivity contribution is -0.138. The smallest absolute Gasteiger partial charge is 0.371 e. The minimum absolute atomic E-state index is 0.0121. The van der Waals surface area contributed by atoms with Gasteiger partial charge in [0.15, 0.2) is 5.69 Å². The van der Waals surface area contributed by atoms with E-state index in [9.17, 15) is 37.1 Å². The SMILES string of the molecule is N#Cc1ncc(N2CCC3(CC2)CCN(c2ccc(C(=O)N4CCN(C5CCN(c6ccc7c(c6)C(=O)N(C6CCC(=O)NC6=O)C7=O)CC5)CC4)cc2)C3)cc1C(F)(F)F. The summed E-state index contributed by atoms with van der Waals surface area (Å²) >= 11 is 0. The van der Waals surface area contributed by atoms with E-state index in [4.69, 9.17) is 5.26 Å². The first kappa shape index (κ1) is 40.4. The van der Waals surface area contributed by atoms with Crippen molar-refractivity contribution in [2.75, 3.05) is 80.1 Å². The van der Waals surface area contributed by atoms with E-state index >= 15 is 0 Å². The van der Waals surface area contributed by atoms with E-state index in [1.165, 1.54) is 6.20 Å². The number of piperidine rings is 3. The second-order valence-electron chi connectivity index (χ2n) is 17.1. The van der Waals surface area contributed by atoms with Gasteiger partial charge in [-0.2, -0.15) is 18.4 Å². The maximum absolute atomic E-state index is 13.6. The first-order chi connectivity index (χ1) is 29.3. The van der Waals surface area contributed by atoms with E-state index in [0.29, 0.717) is 43.5 Å². The van der Waals surface area contributed by atoms with Crippen LogP contribution in [-0.4, -0.2) is 127 Å². The summed E-state index contributed by atoms with van der Waals surface area (Å²) in [5, 5.41) is 11.3. The highest BCUT2D eigenvalue weighted by Crippen LogP contribution is 2.43. The molecule has 7 heterocycles. The monoisotopic (exact) mass is 837 g/mol. The number of rotatable bonds is 6. The maximum Gasteiger partial charge on any atom is 0.419 e. The highest BCUT2D eigenvalue weighted by molar-refractivity contribution is 6.23. The van der Waals surface area contributed by atoms with E-state index in [1.54, 1.807) is 18.2 Å². The minimum Gasteiger partial charge on any atom is -0.371 e. The van der Waals surface area contributed by atoms with E-state index in [1.807, 2.05) is 40.1 Å². The van der Waals surface area contributed by atoms with Crippen LogP contribution in [0.3, 0.4) is 0 Å². The van der Waals surface area contributed by atoms with E-state index in [2.05, 4.69) is 25.0 Å². The number of carbonyl (C=O) groups excluding carboxylic acids is 5. The molecule has 1 spiro atoms. The van der Waals surface area contributed by atoms with Crippen LogP contribution in [0, 0.1) is 16.7 Å². The maximum atomic E-state index is 13.6. The lowest BCUT2D eigenvalue weighted by atomic mass is 9.77. The summed E-state index contributed by atoms with van der Waals surface area (Å²) in [6.07, 6.45) is 1.37. The fourth-order valence-corrected chi connectivity index (χ4v) is 10.2. The van der Waals surface area contributed by atoms with Gasteiger partial charge in [0.25, 0.3) is 17.7 Å². The van der Waals surface area contributed by atoms with Gasteiger partial charge in [-0.05, 0) is 92.5 Å². The fourth-order valence-electron chi connectivity index (χ4n) is 10.2. The Morgan fingerprint density at radius 3 is 2.05 bits per heavy atom. The van der Waals surface area contributed by atoms with Crippen LogP contribution in [0.2, 0.25) is 0 Å². The Bertz CT molecular complexity index is 2310. The average Bonchev–Trinajstić information content (AvgIpc) is 3.80. The second kappa shape index (κ2) is 15.8. The number of anilines is 3. The summed E-state index contributed by atoms with van der Waals surface area (Å²) in [6, 6.07) is 15.0. The standard InChI is InChI=1S/C44H46F3N9O5/c45-44(46,47)35-24-32(26-49-36(35)25-48)52-16-11-43(12-17-52)13-18-55(27-43)29-3-1-28(2-4-29)40(59)54-21-19-53(20-22-54)30-9-14-51(15-10-30)31-5-6-33-34(23-31)42(61)56(41(33)60)37-7-8-38(57)50-39(37)58/h1-6,23-24,26,30,37H,7-22,27H2,(H,50,57,58). The number of carbonyl (C=O) groups is 5. The zero-order valence-electron chi connectivity index (χ0n) is 33.6. The Morgan fingerprint density at radius 2 is 1.39 bits per heavy atom. The number of alkyl halides is 3. The molecule has 6 aliphatic heterocycles. The molecule has 318 valence electrons. The predicted octanol–water partition coefficient (Wildman–Crippen LogP) is 4.30. The Morgan fingerprint density at radius 1 is 0.754 bits per heavy atom. The number of halogens is 3. The van der Waals surface area contributed by atoms with Gasteiger partial charge in [-0.3, -0.25) is 39.1 Å². The summed E-state index contributed by atoms with van der Waals surface area (Å²) in [4.78, 5) is 79.8. The van der Waals surface area contributed by atoms with Crippen LogP contribution < -0.4 is 20.0 Å². The quantitative estimate of drug-likeness (QED) is 0.354. The number of hydrogen-bond donors (Lipinski definition) is 1. The number of nitrogens with one attached hydrogen (secondary N) is 1. The van der Waals surface area contributed by atoms with Crippen LogP contribution in [0.4, 0.5) is 30.2 Å². The molecule has 1 atom stereocenters. The number of nitriles is 1. The number of pyridine rings is 1. The molecule has 0 saturated carbocycles.